The van der Waals surface area contributed by atoms with E-state index in [0.29, 0.717) is 0 Å². The van der Waals surface area contributed by atoms with E-state index in [1.165, 1.54) is 0 Å². The smallest absolute Gasteiger partial charge is 0.308 e. The highest BCUT2D eigenvalue weighted by molar-refractivity contribution is 5.85. The van der Waals surface area contributed by atoms with Gasteiger partial charge in [0.15, 0.2) is 0 Å². The Morgan fingerprint density at radius 1 is 0.778 bits per heavy atom. The molecule has 2 aliphatic rings. The zero-order chi connectivity index (χ0) is 12.3. The maximum Gasteiger partial charge on any atom is 0.308 e. The summed E-state index contributed by atoms with van der Waals surface area (Å²) in [5, 5.41) is 16.6. The first kappa shape index (κ1) is 19.8. The molecule has 2 rings (SSSR count). The molecule has 2 aliphatic carbocycles. The Bertz CT molecular complexity index is 263. The summed E-state index contributed by atoms with van der Waals surface area (Å²) in [4.78, 5) is 20.2. The Balaban J connectivity index is 0. The number of halogens is 2. The molecule has 0 aliphatic heterocycles. The minimum Gasteiger partial charge on any atom is -0.481 e. The third-order valence-electron chi connectivity index (χ3n) is 3.29. The molecule has 0 heterocycles. The van der Waals surface area contributed by atoms with Crippen molar-refractivity contribution >= 4 is 36.8 Å². The Hall–Kier alpha value is -0.560. The van der Waals surface area contributed by atoms with Crippen LogP contribution < -0.4 is 11.5 Å². The molecule has 6 N–H and O–H groups in total. The lowest BCUT2D eigenvalue weighted by Gasteiger charge is -2.29. The monoisotopic (exact) mass is 302 g/mol. The number of carboxylic acid groups (broad SMARTS) is 2. The highest BCUT2D eigenvalue weighted by Gasteiger charge is 2.33. The fourth-order valence-electron chi connectivity index (χ4n) is 1.66. The molecule has 0 saturated heterocycles. The second-order valence-electron chi connectivity index (χ2n) is 4.37. The van der Waals surface area contributed by atoms with E-state index in [1.807, 2.05) is 0 Å². The summed E-state index contributed by atoms with van der Waals surface area (Å²) >= 11 is 0. The summed E-state index contributed by atoms with van der Waals surface area (Å²) in [6, 6.07) is -0.153. The summed E-state index contributed by atoms with van der Waals surface area (Å²) in [7, 11) is 0. The first-order valence-electron chi connectivity index (χ1n) is 5.40. The Morgan fingerprint density at radius 3 is 1.06 bits per heavy atom. The van der Waals surface area contributed by atoms with Gasteiger partial charge in [-0.3, -0.25) is 9.59 Å². The van der Waals surface area contributed by atoms with Gasteiger partial charge in [0, 0.05) is 12.1 Å². The third kappa shape index (κ3) is 4.97. The number of nitrogens with two attached hydrogens (primary N) is 2. The molecule has 2 saturated carbocycles. The van der Waals surface area contributed by atoms with Crippen LogP contribution in [0.3, 0.4) is 0 Å². The van der Waals surface area contributed by atoms with E-state index < -0.39 is 11.9 Å². The van der Waals surface area contributed by atoms with Gasteiger partial charge in [0.2, 0.25) is 0 Å². The van der Waals surface area contributed by atoms with Gasteiger partial charge in [-0.1, -0.05) is 0 Å². The fraction of sp³-hybridized carbons (Fsp3) is 0.800. The van der Waals surface area contributed by atoms with Gasteiger partial charge < -0.3 is 21.7 Å². The molecule has 6 nitrogen and oxygen atoms in total. The number of hydrogen-bond donors (Lipinski definition) is 4. The van der Waals surface area contributed by atoms with Crippen LogP contribution in [0.2, 0.25) is 0 Å². The molecular formula is C10H20Cl2N2O4. The number of aliphatic carboxylic acids is 2. The standard InChI is InChI=1S/2C5H9NO2.2ClH/c2*6-4-2-1-3(4)5(7)8;;/h2*3-4H,1-2,6H2,(H,7,8);2*1H/t2*3-,4-;;/m10../s1. The van der Waals surface area contributed by atoms with Gasteiger partial charge in [-0.15, -0.1) is 24.8 Å². The van der Waals surface area contributed by atoms with Gasteiger partial charge in [-0.25, -0.2) is 0 Å². The largest absolute Gasteiger partial charge is 0.481 e. The molecule has 2 fully saturated rings. The SMILES string of the molecule is Cl.Cl.N[C@@H]1CC[C@H]1C(=O)O.N[C@H]1CC[C@@H]1C(=O)O. The van der Waals surface area contributed by atoms with Crippen molar-refractivity contribution in [1.82, 2.24) is 0 Å². The maximum absolute atomic E-state index is 10.1. The minimum atomic E-state index is -0.747. The van der Waals surface area contributed by atoms with E-state index in [1.54, 1.807) is 0 Å². The maximum atomic E-state index is 10.1. The number of carbonyl (C=O) groups is 2. The molecule has 0 radical (unpaired) electrons. The average Bonchev–Trinajstić information content (AvgIpc) is 2.12. The zero-order valence-corrected chi connectivity index (χ0v) is 11.5. The molecule has 0 aromatic heterocycles. The zero-order valence-electron chi connectivity index (χ0n) is 9.82. The molecule has 0 spiro atoms. The van der Waals surface area contributed by atoms with Crippen LogP contribution in [0.5, 0.6) is 0 Å². The van der Waals surface area contributed by atoms with Crippen molar-refractivity contribution in [2.24, 2.45) is 23.3 Å². The number of hydrogen-bond acceptors (Lipinski definition) is 4. The van der Waals surface area contributed by atoms with Crippen LogP contribution in [-0.2, 0) is 9.59 Å². The first-order chi connectivity index (χ1) is 7.43. The Kier molecular flexibility index (Phi) is 9.37. The lowest BCUT2D eigenvalue weighted by molar-refractivity contribution is -0.146. The van der Waals surface area contributed by atoms with Crippen LogP contribution in [0.25, 0.3) is 0 Å². The molecule has 0 unspecified atom stereocenters. The van der Waals surface area contributed by atoms with Gasteiger partial charge in [0.05, 0.1) is 11.8 Å². The second-order valence-corrected chi connectivity index (χ2v) is 4.37. The average molecular weight is 303 g/mol. The summed E-state index contributed by atoms with van der Waals surface area (Å²) in [5.41, 5.74) is 10.7. The number of carboxylic acids is 2. The number of rotatable bonds is 2. The van der Waals surface area contributed by atoms with Crippen molar-refractivity contribution in [3.8, 4) is 0 Å². The van der Waals surface area contributed by atoms with Gasteiger partial charge in [-0.2, -0.15) is 0 Å². The highest BCUT2D eigenvalue weighted by atomic mass is 35.5. The Labute approximate surface area is 118 Å². The van der Waals surface area contributed by atoms with Gasteiger partial charge in [-0.05, 0) is 25.7 Å². The van der Waals surface area contributed by atoms with Crippen LogP contribution in [0, 0.1) is 11.8 Å². The van der Waals surface area contributed by atoms with Crippen molar-refractivity contribution in [2.45, 2.75) is 37.8 Å². The van der Waals surface area contributed by atoms with Crippen molar-refractivity contribution in [3.05, 3.63) is 0 Å². The summed E-state index contributed by atoms with van der Waals surface area (Å²) in [5.74, 6) is -2.00. The Morgan fingerprint density at radius 2 is 1.06 bits per heavy atom. The van der Waals surface area contributed by atoms with Crippen LogP contribution in [0.15, 0.2) is 0 Å². The molecule has 108 valence electrons. The summed E-state index contributed by atoms with van der Waals surface area (Å²) in [6.07, 6.45) is 3.26. The summed E-state index contributed by atoms with van der Waals surface area (Å²) < 4.78 is 0. The fourth-order valence-corrected chi connectivity index (χ4v) is 1.66. The summed E-state index contributed by atoms with van der Waals surface area (Å²) in [6.45, 7) is 0. The molecule has 0 bridgehead atoms. The lowest BCUT2D eigenvalue weighted by atomic mass is 9.80. The lowest BCUT2D eigenvalue weighted by Crippen LogP contribution is -2.43. The molecule has 4 atom stereocenters. The predicted octanol–water partition coefficient (Wildman–Crippen LogP) is 0.460. The normalized spacial score (nSPS) is 32.1. The van der Waals surface area contributed by atoms with Crippen LogP contribution in [0.1, 0.15) is 25.7 Å². The van der Waals surface area contributed by atoms with Crippen molar-refractivity contribution in [3.63, 3.8) is 0 Å². The molecule has 0 aromatic carbocycles. The topological polar surface area (TPSA) is 127 Å². The first-order valence-corrected chi connectivity index (χ1v) is 5.40. The highest BCUT2D eigenvalue weighted by Crippen LogP contribution is 2.25. The predicted molar refractivity (Wildman–Crippen MR) is 71.2 cm³/mol. The van der Waals surface area contributed by atoms with Gasteiger partial charge in [0.1, 0.15) is 0 Å². The molecule has 8 heteroatoms. The van der Waals surface area contributed by atoms with Crippen molar-refractivity contribution < 1.29 is 19.8 Å². The molecule has 0 aromatic rings. The van der Waals surface area contributed by atoms with E-state index in [0.717, 1.165) is 25.7 Å². The van der Waals surface area contributed by atoms with E-state index in [9.17, 15) is 9.59 Å². The minimum absolute atomic E-state index is 0. The van der Waals surface area contributed by atoms with Gasteiger partial charge in [0.25, 0.3) is 0 Å². The third-order valence-corrected chi connectivity index (χ3v) is 3.29. The van der Waals surface area contributed by atoms with Crippen molar-refractivity contribution in [2.75, 3.05) is 0 Å². The molecule has 0 amide bonds. The van der Waals surface area contributed by atoms with Crippen LogP contribution in [0.4, 0.5) is 0 Å². The van der Waals surface area contributed by atoms with E-state index in [-0.39, 0.29) is 48.7 Å². The van der Waals surface area contributed by atoms with Crippen molar-refractivity contribution in [1.29, 1.82) is 0 Å². The molecular weight excluding hydrogens is 283 g/mol. The van der Waals surface area contributed by atoms with Crippen LogP contribution in [-0.4, -0.2) is 34.2 Å². The van der Waals surface area contributed by atoms with E-state index in [4.69, 9.17) is 21.7 Å². The van der Waals surface area contributed by atoms with Gasteiger partial charge >= 0.3 is 11.9 Å². The van der Waals surface area contributed by atoms with E-state index >= 15 is 0 Å². The van der Waals surface area contributed by atoms with E-state index in [2.05, 4.69) is 0 Å². The van der Waals surface area contributed by atoms with Crippen LogP contribution >= 0.6 is 24.8 Å². The molecule has 18 heavy (non-hydrogen) atoms. The second kappa shape index (κ2) is 8.53. The quantitative estimate of drug-likeness (QED) is 0.587.